The van der Waals surface area contributed by atoms with Gasteiger partial charge in [0, 0.05) is 18.2 Å². The molecule has 4 nitrogen and oxygen atoms in total. The van der Waals surface area contributed by atoms with Gasteiger partial charge in [0.2, 0.25) is 0 Å². The Morgan fingerprint density at radius 2 is 2.04 bits per heavy atom. The van der Waals surface area contributed by atoms with Crippen LogP contribution in [0, 0.1) is 11.3 Å². The van der Waals surface area contributed by atoms with E-state index in [4.69, 9.17) is 4.98 Å². The minimum absolute atomic E-state index is 0.329. The van der Waals surface area contributed by atoms with Crippen LogP contribution in [0.1, 0.15) is 51.0 Å². The molecular formula is C21H26N4. The molecule has 4 atom stereocenters. The van der Waals surface area contributed by atoms with E-state index in [1.807, 2.05) is 6.20 Å². The molecule has 3 heterocycles. The molecular weight excluding hydrogens is 308 g/mol. The lowest BCUT2D eigenvalue weighted by molar-refractivity contribution is -0.0149. The quantitative estimate of drug-likeness (QED) is 0.796. The molecule has 1 saturated carbocycles. The van der Waals surface area contributed by atoms with Gasteiger partial charge in [0.1, 0.15) is 18.2 Å². The summed E-state index contributed by atoms with van der Waals surface area (Å²) >= 11 is 0. The third-order valence-electron chi connectivity index (χ3n) is 7.25. The van der Waals surface area contributed by atoms with E-state index in [9.17, 15) is 0 Å². The Hall–Kier alpha value is -2.10. The van der Waals surface area contributed by atoms with E-state index in [0.29, 0.717) is 17.5 Å². The first-order valence-electron chi connectivity index (χ1n) is 9.64. The van der Waals surface area contributed by atoms with E-state index in [1.54, 1.807) is 6.33 Å². The monoisotopic (exact) mass is 334 g/mol. The van der Waals surface area contributed by atoms with E-state index in [-0.39, 0.29) is 0 Å². The molecule has 1 aromatic heterocycles. The highest BCUT2D eigenvalue weighted by molar-refractivity contribution is 5.82. The molecule has 130 valence electrons. The van der Waals surface area contributed by atoms with Crippen LogP contribution in [0.15, 0.2) is 36.8 Å². The van der Waals surface area contributed by atoms with Gasteiger partial charge in [0.15, 0.2) is 5.82 Å². The lowest BCUT2D eigenvalue weighted by Gasteiger charge is -2.57. The number of anilines is 3. The fourth-order valence-electron chi connectivity index (χ4n) is 6.03. The summed E-state index contributed by atoms with van der Waals surface area (Å²) in [4.78, 5) is 14.0. The smallest absolute Gasteiger partial charge is 0.161 e. The van der Waals surface area contributed by atoms with E-state index in [2.05, 4.69) is 59.9 Å². The highest BCUT2D eigenvalue weighted by Crippen LogP contribution is 2.65. The molecule has 4 unspecified atom stereocenters. The first-order valence-corrected chi connectivity index (χ1v) is 9.64. The van der Waals surface area contributed by atoms with Gasteiger partial charge in [0.25, 0.3) is 0 Å². The summed E-state index contributed by atoms with van der Waals surface area (Å²) in [5.41, 5.74) is 4.35. The molecule has 1 fully saturated rings. The number of hydrogen-bond acceptors (Lipinski definition) is 4. The van der Waals surface area contributed by atoms with Gasteiger partial charge in [-0.2, -0.15) is 0 Å². The lowest BCUT2D eigenvalue weighted by Crippen LogP contribution is -2.59. The molecule has 4 heteroatoms. The number of rotatable bonds is 2. The van der Waals surface area contributed by atoms with Crippen molar-refractivity contribution in [1.29, 1.82) is 0 Å². The largest absolute Gasteiger partial charge is 0.349 e. The Labute approximate surface area is 149 Å². The third-order valence-corrected chi connectivity index (χ3v) is 7.25. The predicted octanol–water partition coefficient (Wildman–Crippen LogP) is 4.70. The maximum Gasteiger partial charge on any atom is 0.161 e. The molecule has 2 aromatic rings. The van der Waals surface area contributed by atoms with Gasteiger partial charge in [-0.25, -0.2) is 9.97 Å². The summed E-state index contributed by atoms with van der Waals surface area (Å²) in [6.07, 6.45) is 9.11. The van der Waals surface area contributed by atoms with Crippen LogP contribution >= 0.6 is 0 Å². The second-order valence-electron chi connectivity index (χ2n) is 7.89. The fourth-order valence-corrected chi connectivity index (χ4v) is 6.03. The van der Waals surface area contributed by atoms with Crippen molar-refractivity contribution in [2.45, 2.75) is 51.6 Å². The maximum atomic E-state index is 4.71. The number of fused-ring (bicyclic) bond motifs is 7. The van der Waals surface area contributed by atoms with Gasteiger partial charge < -0.3 is 9.80 Å². The van der Waals surface area contributed by atoms with Crippen LogP contribution in [0.5, 0.6) is 0 Å². The van der Waals surface area contributed by atoms with Crippen LogP contribution in [-0.4, -0.2) is 23.2 Å². The van der Waals surface area contributed by atoms with E-state index >= 15 is 0 Å². The fraction of sp³-hybridized carbons (Fsp3) is 0.524. The minimum Gasteiger partial charge on any atom is -0.349 e. The second kappa shape index (κ2) is 5.20. The van der Waals surface area contributed by atoms with Gasteiger partial charge in [-0.05, 0) is 49.1 Å². The molecule has 0 N–H and O–H groups in total. The molecule has 5 rings (SSSR count). The van der Waals surface area contributed by atoms with Gasteiger partial charge in [-0.1, -0.05) is 32.0 Å². The average Bonchev–Trinajstić information content (AvgIpc) is 2.89. The summed E-state index contributed by atoms with van der Waals surface area (Å²) < 4.78 is 0. The van der Waals surface area contributed by atoms with Crippen LogP contribution in [0.4, 0.5) is 17.2 Å². The summed E-state index contributed by atoms with van der Waals surface area (Å²) in [5.74, 6) is 2.47. The highest BCUT2D eigenvalue weighted by atomic mass is 15.5. The summed E-state index contributed by atoms with van der Waals surface area (Å²) in [6, 6.07) is 9.02. The normalized spacial score (nSPS) is 32.2. The van der Waals surface area contributed by atoms with Crippen LogP contribution in [-0.2, 0) is 0 Å². The number of hydrogen-bond donors (Lipinski definition) is 0. The molecule has 0 bridgehead atoms. The minimum atomic E-state index is 0.329. The maximum absolute atomic E-state index is 4.71. The SMILES string of the molecule is CCC1c2ccccc2N2c3ncncc3N(C)C2C2(CC)CCC12. The molecule has 0 saturated heterocycles. The standard InChI is InChI=1S/C21H26N4/c1-4-14-15-8-6-7-9-17(15)25-19-18(12-22-13-23-19)24(3)20(25)21(5-2)11-10-16(14)21/h6-9,12-14,16,20H,4-5,10-11H2,1-3H3. The zero-order valence-electron chi connectivity index (χ0n) is 15.3. The van der Waals surface area contributed by atoms with Crippen molar-refractivity contribution in [2.24, 2.45) is 11.3 Å². The highest BCUT2D eigenvalue weighted by Gasteiger charge is 2.61. The lowest BCUT2D eigenvalue weighted by atomic mass is 9.52. The second-order valence-corrected chi connectivity index (χ2v) is 7.89. The van der Waals surface area contributed by atoms with E-state index < -0.39 is 0 Å². The Balaban J connectivity index is 1.81. The van der Waals surface area contributed by atoms with Gasteiger partial charge in [-0.3, -0.25) is 0 Å². The van der Waals surface area contributed by atoms with Crippen LogP contribution < -0.4 is 9.80 Å². The number of para-hydroxylation sites is 1. The zero-order chi connectivity index (χ0) is 17.2. The molecule has 0 radical (unpaired) electrons. The summed E-state index contributed by atoms with van der Waals surface area (Å²) in [7, 11) is 2.23. The number of aromatic nitrogens is 2. The molecule has 0 spiro atoms. The first kappa shape index (κ1) is 15.2. The summed E-state index contributed by atoms with van der Waals surface area (Å²) in [5, 5.41) is 0. The molecule has 2 aliphatic heterocycles. The van der Waals surface area contributed by atoms with Crippen LogP contribution in [0.2, 0.25) is 0 Å². The van der Waals surface area contributed by atoms with Crippen molar-refractivity contribution >= 4 is 17.2 Å². The van der Waals surface area contributed by atoms with Crippen molar-refractivity contribution in [3.63, 3.8) is 0 Å². The molecule has 1 aliphatic carbocycles. The summed E-state index contributed by atoms with van der Waals surface area (Å²) in [6.45, 7) is 4.74. The average molecular weight is 334 g/mol. The predicted molar refractivity (Wildman–Crippen MR) is 101 cm³/mol. The zero-order valence-corrected chi connectivity index (χ0v) is 15.3. The molecule has 25 heavy (non-hydrogen) atoms. The third kappa shape index (κ3) is 1.73. The molecule has 3 aliphatic rings. The Morgan fingerprint density at radius 1 is 1.20 bits per heavy atom. The van der Waals surface area contributed by atoms with Crippen molar-refractivity contribution < 1.29 is 0 Å². The van der Waals surface area contributed by atoms with Crippen molar-refractivity contribution in [3.8, 4) is 0 Å². The van der Waals surface area contributed by atoms with Crippen LogP contribution in [0.3, 0.4) is 0 Å². The van der Waals surface area contributed by atoms with Crippen molar-refractivity contribution in [2.75, 3.05) is 16.8 Å². The molecule has 1 aromatic carbocycles. The number of nitrogens with zero attached hydrogens (tertiary/aromatic N) is 4. The molecule has 0 amide bonds. The Morgan fingerprint density at radius 3 is 2.76 bits per heavy atom. The van der Waals surface area contributed by atoms with Crippen molar-refractivity contribution in [3.05, 3.63) is 42.4 Å². The van der Waals surface area contributed by atoms with Gasteiger partial charge in [0.05, 0.1) is 6.20 Å². The Kier molecular flexibility index (Phi) is 3.16. The first-order chi connectivity index (χ1) is 12.2. The van der Waals surface area contributed by atoms with Crippen molar-refractivity contribution in [1.82, 2.24) is 9.97 Å². The van der Waals surface area contributed by atoms with Crippen LogP contribution in [0.25, 0.3) is 0 Å². The van der Waals surface area contributed by atoms with E-state index in [0.717, 1.165) is 17.4 Å². The topological polar surface area (TPSA) is 32.3 Å². The van der Waals surface area contributed by atoms with Gasteiger partial charge >= 0.3 is 0 Å². The van der Waals surface area contributed by atoms with Gasteiger partial charge in [-0.15, -0.1) is 0 Å². The van der Waals surface area contributed by atoms with E-state index in [1.165, 1.54) is 36.9 Å². The number of benzene rings is 1. The Bertz CT molecular complexity index is 815.